The molecule has 0 bridgehead atoms. The summed E-state index contributed by atoms with van der Waals surface area (Å²) in [6.45, 7) is 4.16. The van der Waals surface area contributed by atoms with Crippen LogP contribution >= 0.6 is 11.6 Å². The van der Waals surface area contributed by atoms with Crippen LogP contribution in [0.2, 0.25) is 5.02 Å². The van der Waals surface area contributed by atoms with Crippen LogP contribution < -0.4 is 5.32 Å². The van der Waals surface area contributed by atoms with Gasteiger partial charge in [-0.1, -0.05) is 37.6 Å². The maximum atomic E-state index is 12.7. The first-order valence-corrected chi connectivity index (χ1v) is 10.5. The van der Waals surface area contributed by atoms with Crippen LogP contribution in [0, 0.1) is 0 Å². The summed E-state index contributed by atoms with van der Waals surface area (Å²) in [4.78, 5) is 12.4. The van der Waals surface area contributed by atoms with Gasteiger partial charge >= 0.3 is 0 Å². The van der Waals surface area contributed by atoms with Crippen LogP contribution in [-0.2, 0) is 16.4 Å². The smallest absolute Gasteiger partial charge is 0.255 e. The minimum atomic E-state index is -3.77. The predicted molar refractivity (Wildman–Crippen MR) is 107 cm³/mol. The Labute approximate surface area is 164 Å². The van der Waals surface area contributed by atoms with Crippen LogP contribution in [0.1, 0.15) is 29.8 Å². The van der Waals surface area contributed by atoms with Crippen LogP contribution in [0.3, 0.4) is 0 Å². The molecule has 2 aromatic carbocycles. The lowest BCUT2D eigenvalue weighted by molar-refractivity contribution is 0.102. The molecular weight excluding hydrogens is 388 g/mol. The number of benzene rings is 2. The number of carbonyl (C=O) groups is 1. The highest BCUT2D eigenvalue weighted by atomic mass is 35.5. The number of hydrogen-bond acceptors (Lipinski definition) is 4. The first kappa shape index (κ1) is 21.4. The Morgan fingerprint density at radius 3 is 2.30 bits per heavy atom. The summed E-state index contributed by atoms with van der Waals surface area (Å²) in [5.74, 6) is -0.433. The zero-order valence-corrected chi connectivity index (χ0v) is 16.8. The molecule has 0 fully saturated rings. The molecule has 27 heavy (non-hydrogen) atoms. The number of aliphatic hydroxyl groups is 1. The van der Waals surface area contributed by atoms with Crippen molar-refractivity contribution in [1.82, 2.24) is 4.31 Å². The van der Waals surface area contributed by atoms with Crippen LogP contribution in [0.25, 0.3) is 0 Å². The van der Waals surface area contributed by atoms with Gasteiger partial charge < -0.3 is 10.4 Å². The number of aliphatic hydroxyl groups excluding tert-OH is 1. The summed E-state index contributed by atoms with van der Waals surface area (Å²) in [7, 11) is -3.77. The van der Waals surface area contributed by atoms with E-state index in [1.54, 1.807) is 26.0 Å². The average Bonchev–Trinajstić information content (AvgIpc) is 2.64. The first-order chi connectivity index (χ1) is 12.8. The second-order valence-corrected chi connectivity index (χ2v) is 8.17. The molecule has 0 heterocycles. The van der Waals surface area contributed by atoms with Crippen molar-refractivity contribution in [3.05, 3.63) is 58.6 Å². The molecule has 0 atom stereocenters. The molecule has 0 radical (unpaired) electrons. The van der Waals surface area contributed by atoms with Gasteiger partial charge in [0.2, 0.25) is 10.0 Å². The molecule has 1 amide bonds. The molecular formula is C19H23ClN2O4S. The quantitative estimate of drug-likeness (QED) is 0.699. The third-order valence-corrected chi connectivity index (χ3v) is 6.66. The number of nitrogens with zero attached hydrogens (tertiary/aromatic N) is 1. The van der Waals surface area contributed by atoms with Crippen LogP contribution in [0.15, 0.2) is 47.4 Å². The summed E-state index contributed by atoms with van der Waals surface area (Å²) in [5.41, 5.74) is 1.73. The zero-order chi connectivity index (χ0) is 20.0. The van der Waals surface area contributed by atoms with Gasteiger partial charge in [-0.05, 0) is 42.3 Å². The van der Waals surface area contributed by atoms with Gasteiger partial charge in [0, 0.05) is 30.9 Å². The van der Waals surface area contributed by atoms with E-state index in [0.29, 0.717) is 25.2 Å². The van der Waals surface area contributed by atoms with E-state index in [2.05, 4.69) is 5.32 Å². The fourth-order valence-electron chi connectivity index (χ4n) is 2.63. The molecule has 2 aromatic rings. The summed E-state index contributed by atoms with van der Waals surface area (Å²) in [5, 5.41) is 11.7. The van der Waals surface area contributed by atoms with E-state index in [1.807, 2.05) is 12.1 Å². The highest BCUT2D eigenvalue weighted by Crippen LogP contribution is 2.26. The summed E-state index contributed by atoms with van der Waals surface area (Å²) in [6, 6.07) is 11.3. The fourth-order valence-corrected chi connectivity index (χ4v) is 4.59. The van der Waals surface area contributed by atoms with Crippen molar-refractivity contribution in [1.29, 1.82) is 0 Å². The second kappa shape index (κ2) is 9.32. The van der Waals surface area contributed by atoms with Crippen molar-refractivity contribution >= 4 is 33.2 Å². The molecule has 0 saturated heterocycles. The number of amides is 1. The zero-order valence-electron chi connectivity index (χ0n) is 15.3. The number of anilines is 1. The summed E-state index contributed by atoms with van der Waals surface area (Å²) < 4.78 is 26.8. The van der Waals surface area contributed by atoms with Crippen molar-refractivity contribution in [2.24, 2.45) is 0 Å². The third kappa shape index (κ3) is 5.07. The highest BCUT2D eigenvalue weighted by molar-refractivity contribution is 7.89. The average molecular weight is 411 g/mol. The number of rotatable bonds is 8. The standard InChI is InChI=1S/C19H23ClN2O4S/c1-3-22(4-2)27(25,26)18-13-15(7-10-17(18)20)19(24)21-16-8-5-14(6-9-16)11-12-23/h5-10,13,23H,3-4,11-12H2,1-2H3,(H,21,24). The van der Waals surface area contributed by atoms with Crippen LogP contribution in [-0.4, -0.2) is 43.4 Å². The van der Waals surface area contributed by atoms with Gasteiger partial charge in [-0.3, -0.25) is 4.79 Å². The summed E-state index contributed by atoms with van der Waals surface area (Å²) >= 11 is 6.09. The Bertz CT molecular complexity index is 894. The SMILES string of the molecule is CCN(CC)S(=O)(=O)c1cc(C(=O)Nc2ccc(CCO)cc2)ccc1Cl. The van der Waals surface area contributed by atoms with Crippen molar-refractivity contribution in [2.45, 2.75) is 25.2 Å². The molecule has 6 nitrogen and oxygen atoms in total. The van der Waals surface area contributed by atoms with E-state index in [1.165, 1.54) is 22.5 Å². The lowest BCUT2D eigenvalue weighted by atomic mass is 10.1. The van der Waals surface area contributed by atoms with E-state index < -0.39 is 15.9 Å². The van der Waals surface area contributed by atoms with E-state index in [9.17, 15) is 13.2 Å². The van der Waals surface area contributed by atoms with Gasteiger partial charge in [0.05, 0.1) is 5.02 Å². The molecule has 2 N–H and O–H groups in total. The van der Waals surface area contributed by atoms with E-state index in [0.717, 1.165) is 5.56 Å². The number of halogens is 1. The lowest BCUT2D eigenvalue weighted by Crippen LogP contribution is -2.31. The number of hydrogen-bond donors (Lipinski definition) is 2. The monoisotopic (exact) mass is 410 g/mol. The minimum Gasteiger partial charge on any atom is -0.396 e. The minimum absolute atomic E-state index is 0.0558. The Morgan fingerprint density at radius 1 is 1.11 bits per heavy atom. The molecule has 2 rings (SSSR count). The molecule has 146 valence electrons. The topological polar surface area (TPSA) is 86.7 Å². The molecule has 0 aromatic heterocycles. The number of carbonyl (C=O) groups excluding carboxylic acids is 1. The van der Waals surface area contributed by atoms with E-state index in [4.69, 9.17) is 16.7 Å². The molecule has 0 unspecified atom stereocenters. The van der Waals surface area contributed by atoms with Gasteiger partial charge in [-0.25, -0.2) is 8.42 Å². The predicted octanol–water partition coefficient (Wildman–Crippen LogP) is 3.16. The van der Waals surface area contributed by atoms with Gasteiger partial charge in [-0.15, -0.1) is 0 Å². The van der Waals surface area contributed by atoms with Crippen molar-refractivity contribution in [3.8, 4) is 0 Å². The lowest BCUT2D eigenvalue weighted by Gasteiger charge is -2.19. The molecule has 0 aliphatic rings. The van der Waals surface area contributed by atoms with Gasteiger partial charge in [0.15, 0.2) is 0 Å². The Morgan fingerprint density at radius 2 is 1.74 bits per heavy atom. The van der Waals surface area contributed by atoms with E-state index in [-0.39, 0.29) is 22.1 Å². The van der Waals surface area contributed by atoms with Crippen LogP contribution in [0.4, 0.5) is 5.69 Å². The number of nitrogens with one attached hydrogen (secondary N) is 1. The van der Waals surface area contributed by atoms with Crippen molar-refractivity contribution < 1.29 is 18.3 Å². The van der Waals surface area contributed by atoms with Crippen molar-refractivity contribution in [2.75, 3.05) is 25.0 Å². The molecule has 0 aliphatic carbocycles. The maximum absolute atomic E-state index is 12.7. The maximum Gasteiger partial charge on any atom is 0.255 e. The largest absolute Gasteiger partial charge is 0.396 e. The molecule has 0 saturated carbocycles. The number of sulfonamides is 1. The Balaban J connectivity index is 2.27. The molecule has 0 aliphatic heterocycles. The van der Waals surface area contributed by atoms with E-state index >= 15 is 0 Å². The highest BCUT2D eigenvalue weighted by Gasteiger charge is 2.25. The van der Waals surface area contributed by atoms with Gasteiger partial charge in [-0.2, -0.15) is 4.31 Å². The van der Waals surface area contributed by atoms with Gasteiger partial charge in [0.1, 0.15) is 4.90 Å². The fraction of sp³-hybridized carbons (Fsp3) is 0.316. The summed E-state index contributed by atoms with van der Waals surface area (Å²) in [6.07, 6.45) is 0.540. The molecule has 0 spiro atoms. The Kier molecular flexibility index (Phi) is 7.38. The Hall–Kier alpha value is -1.93. The van der Waals surface area contributed by atoms with Gasteiger partial charge in [0.25, 0.3) is 5.91 Å². The normalized spacial score (nSPS) is 11.6. The van der Waals surface area contributed by atoms with Crippen molar-refractivity contribution in [3.63, 3.8) is 0 Å². The molecule has 8 heteroatoms. The third-order valence-electron chi connectivity index (χ3n) is 4.13. The van der Waals surface area contributed by atoms with Crippen LogP contribution in [0.5, 0.6) is 0 Å². The second-order valence-electron chi connectivity index (χ2n) is 5.86. The first-order valence-electron chi connectivity index (χ1n) is 8.64.